The zero-order valence-corrected chi connectivity index (χ0v) is 14.3. The van der Waals surface area contributed by atoms with Crippen LogP contribution in [-0.4, -0.2) is 25.9 Å². The van der Waals surface area contributed by atoms with Crippen LogP contribution in [0.15, 0.2) is 46.2 Å². The van der Waals surface area contributed by atoms with Gasteiger partial charge >= 0.3 is 0 Å². The van der Waals surface area contributed by atoms with Crippen LogP contribution in [0, 0.1) is 22.7 Å². The highest BCUT2D eigenvalue weighted by Gasteiger charge is 2.19. The summed E-state index contributed by atoms with van der Waals surface area (Å²) in [5.41, 5.74) is 0.00257. The van der Waals surface area contributed by atoms with Crippen LogP contribution in [0.1, 0.15) is 11.1 Å². The number of fused-ring (bicyclic) bond motifs is 2. The van der Waals surface area contributed by atoms with Crippen LogP contribution in [0.2, 0.25) is 0 Å². The first-order valence-corrected chi connectivity index (χ1v) is 9.74. The molecule has 8 nitrogen and oxygen atoms in total. The van der Waals surface area contributed by atoms with E-state index in [4.69, 9.17) is 0 Å². The van der Waals surface area contributed by atoms with E-state index in [1.807, 2.05) is 12.1 Å². The van der Waals surface area contributed by atoms with Crippen molar-refractivity contribution in [3.05, 3.63) is 47.5 Å². The van der Waals surface area contributed by atoms with Gasteiger partial charge in [-0.15, -0.1) is 0 Å². The van der Waals surface area contributed by atoms with Crippen LogP contribution >= 0.6 is 0 Å². The fourth-order valence-electron chi connectivity index (χ4n) is 2.75. The van der Waals surface area contributed by atoms with Crippen LogP contribution in [0.5, 0.6) is 0 Å². The Balaban J connectivity index is 2.60. The first kappa shape index (κ1) is 17.8. The molecule has 0 atom stereocenters. The van der Waals surface area contributed by atoms with Crippen molar-refractivity contribution >= 4 is 41.8 Å². The van der Waals surface area contributed by atoms with Crippen molar-refractivity contribution in [2.45, 2.75) is 9.79 Å². The van der Waals surface area contributed by atoms with Crippen LogP contribution < -0.4 is 0 Å². The molecule has 0 bridgehead atoms. The van der Waals surface area contributed by atoms with Crippen molar-refractivity contribution in [3.63, 3.8) is 0 Å². The molecule has 26 heavy (non-hydrogen) atoms. The molecule has 0 aliphatic rings. The zero-order valence-electron chi connectivity index (χ0n) is 12.7. The maximum atomic E-state index is 11.4. The third kappa shape index (κ3) is 2.77. The highest BCUT2D eigenvalue weighted by atomic mass is 32.2. The van der Waals surface area contributed by atoms with Crippen molar-refractivity contribution in [2.75, 3.05) is 0 Å². The molecule has 0 amide bonds. The van der Waals surface area contributed by atoms with Crippen LogP contribution in [0.25, 0.3) is 21.5 Å². The Hall–Kier alpha value is -3.02. The number of rotatable bonds is 2. The lowest BCUT2D eigenvalue weighted by Crippen LogP contribution is -2.00. The molecule has 0 saturated heterocycles. The first-order chi connectivity index (χ1) is 12.1. The van der Waals surface area contributed by atoms with Gasteiger partial charge in [-0.25, -0.2) is 0 Å². The molecule has 10 heteroatoms. The molecule has 3 aromatic carbocycles. The number of hydrogen-bond acceptors (Lipinski definition) is 6. The Bertz CT molecular complexity index is 1290. The summed E-state index contributed by atoms with van der Waals surface area (Å²) in [6, 6.07) is 10.6. The fraction of sp³-hybridized carbons (Fsp3) is 0. The van der Waals surface area contributed by atoms with Gasteiger partial charge in [0.15, 0.2) is 0 Å². The van der Waals surface area contributed by atoms with Gasteiger partial charge in [0.2, 0.25) is 0 Å². The standard InChI is InChI=1S/C16H8N2O6S2/c17-7-15-11-3-1-9(25(19,20)21)5-13(11)16(8-18)12-4-2-10(6-14(12)15)26(22,23)24/h1-6H,(H,19,20,21)(H,22,23,24). The van der Waals surface area contributed by atoms with E-state index in [9.17, 15) is 36.5 Å². The third-order valence-electron chi connectivity index (χ3n) is 3.88. The van der Waals surface area contributed by atoms with Gasteiger partial charge in [-0.3, -0.25) is 9.11 Å². The quantitative estimate of drug-likeness (QED) is 0.500. The summed E-state index contributed by atoms with van der Waals surface area (Å²) in [6.45, 7) is 0. The molecule has 0 unspecified atom stereocenters. The maximum absolute atomic E-state index is 11.4. The van der Waals surface area contributed by atoms with E-state index in [0.29, 0.717) is 0 Å². The van der Waals surface area contributed by atoms with E-state index in [0.717, 1.165) is 24.3 Å². The smallest absolute Gasteiger partial charge is 0.282 e. The zero-order chi connectivity index (χ0) is 19.3. The Labute approximate surface area is 148 Å². The van der Waals surface area contributed by atoms with Crippen molar-refractivity contribution in [2.24, 2.45) is 0 Å². The monoisotopic (exact) mass is 388 g/mol. The van der Waals surface area contributed by atoms with Crippen LogP contribution in [-0.2, 0) is 20.2 Å². The van der Waals surface area contributed by atoms with E-state index in [-0.39, 0.29) is 32.7 Å². The van der Waals surface area contributed by atoms with Gasteiger partial charge in [-0.2, -0.15) is 27.4 Å². The molecular weight excluding hydrogens is 380 g/mol. The molecule has 3 rings (SSSR count). The molecule has 0 spiro atoms. The molecular formula is C16H8N2O6S2. The molecule has 130 valence electrons. The van der Waals surface area contributed by atoms with E-state index >= 15 is 0 Å². The molecule has 0 saturated carbocycles. The highest BCUT2D eigenvalue weighted by molar-refractivity contribution is 7.86. The topological polar surface area (TPSA) is 156 Å². The second kappa shape index (κ2) is 5.76. The second-order valence-corrected chi connectivity index (χ2v) is 8.18. The minimum Gasteiger partial charge on any atom is -0.282 e. The average Bonchev–Trinajstić information content (AvgIpc) is 2.56. The summed E-state index contributed by atoms with van der Waals surface area (Å²) in [7, 11) is -9.05. The Morgan fingerprint density at radius 2 is 1.00 bits per heavy atom. The molecule has 0 aliphatic heterocycles. The summed E-state index contributed by atoms with van der Waals surface area (Å²) in [4.78, 5) is -0.890. The van der Waals surface area contributed by atoms with Gasteiger partial charge in [-0.05, 0) is 24.3 Å². The van der Waals surface area contributed by atoms with Crippen molar-refractivity contribution < 1.29 is 25.9 Å². The summed E-state index contributed by atoms with van der Waals surface area (Å²) in [5, 5.41) is 19.7. The molecule has 0 heterocycles. The minimum atomic E-state index is -4.52. The lowest BCUT2D eigenvalue weighted by atomic mass is 9.93. The van der Waals surface area contributed by atoms with Crippen molar-refractivity contribution in [1.29, 1.82) is 10.5 Å². The van der Waals surface area contributed by atoms with Gasteiger partial charge in [0, 0.05) is 21.5 Å². The first-order valence-electron chi connectivity index (χ1n) is 6.86. The maximum Gasteiger partial charge on any atom is 0.294 e. The van der Waals surface area contributed by atoms with Gasteiger partial charge in [0.1, 0.15) is 12.1 Å². The summed E-state index contributed by atoms with van der Waals surface area (Å²) in [5.74, 6) is 0. The summed E-state index contributed by atoms with van der Waals surface area (Å²) < 4.78 is 63.9. The van der Waals surface area contributed by atoms with Crippen LogP contribution in [0.3, 0.4) is 0 Å². The SMILES string of the molecule is N#Cc1c2ccc(S(=O)(=O)O)cc2c(C#N)c2ccc(S(=O)(=O)O)cc12. The highest BCUT2D eigenvalue weighted by Crippen LogP contribution is 2.34. The number of hydrogen-bond donors (Lipinski definition) is 2. The van der Waals surface area contributed by atoms with E-state index < -0.39 is 30.0 Å². The van der Waals surface area contributed by atoms with Crippen LogP contribution in [0.4, 0.5) is 0 Å². The molecule has 0 radical (unpaired) electrons. The van der Waals surface area contributed by atoms with E-state index in [1.54, 1.807) is 0 Å². The van der Waals surface area contributed by atoms with Crippen molar-refractivity contribution in [3.8, 4) is 12.1 Å². The average molecular weight is 388 g/mol. The van der Waals surface area contributed by atoms with E-state index in [2.05, 4.69) is 0 Å². The molecule has 0 aromatic heterocycles. The lowest BCUT2D eigenvalue weighted by molar-refractivity contribution is 0.481. The number of nitrogens with zero attached hydrogens (tertiary/aromatic N) is 2. The third-order valence-corrected chi connectivity index (χ3v) is 5.58. The Morgan fingerprint density at radius 3 is 1.27 bits per heavy atom. The predicted molar refractivity (Wildman–Crippen MR) is 90.5 cm³/mol. The molecule has 0 aliphatic carbocycles. The Kier molecular flexibility index (Phi) is 3.94. The van der Waals surface area contributed by atoms with Gasteiger partial charge in [0.25, 0.3) is 20.2 Å². The number of nitriles is 2. The number of benzene rings is 3. The normalized spacial score (nSPS) is 12.0. The van der Waals surface area contributed by atoms with Gasteiger partial charge in [-0.1, -0.05) is 12.1 Å². The predicted octanol–water partition coefficient (Wildman–Crippen LogP) is 2.23. The van der Waals surface area contributed by atoms with E-state index in [1.165, 1.54) is 12.1 Å². The molecule has 2 N–H and O–H groups in total. The second-order valence-electron chi connectivity index (χ2n) is 5.34. The van der Waals surface area contributed by atoms with Gasteiger partial charge in [0.05, 0.1) is 20.9 Å². The molecule has 3 aromatic rings. The fourth-order valence-corrected chi connectivity index (χ4v) is 3.76. The molecule has 0 fully saturated rings. The summed E-state index contributed by atoms with van der Waals surface area (Å²) in [6.07, 6.45) is 0. The largest absolute Gasteiger partial charge is 0.294 e. The van der Waals surface area contributed by atoms with Crippen molar-refractivity contribution in [1.82, 2.24) is 0 Å². The Morgan fingerprint density at radius 1 is 0.654 bits per heavy atom. The lowest BCUT2D eigenvalue weighted by Gasteiger charge is -2.11. The van der Waals surface area contributed by atoms with Gasteiger partial charge < -0.3 is 0 Å². The minimum absolute atomic E-state index is 0.00128. The summed E-state index contributed by atoms with van der Waals surface area (Å²) >= 11 is 0.